The number of phenolic OH excluding ortho intramolecular Hbond substituents is 1. The van der Waals surface area contributed by atoms with Gasteiger partial charge < -0.3 is 15.6 Å². The highest BCUT2D eigenvalue weighted by Gasteiger charge is 2.43. The lowest BCUT2D eigenvalue weighted by atomic mass is 9.65. The van der Waals surface area contributed by atoms with Crippen LogP contribution in [0.3, 0.4) is 0 Å². The number of carbonyl (C=O) groups is 2. The lowest BCUT2D eigenvalue weighted by Gasteiger charge is -2.44. The topological polar surface area (TPSA) is 103 Å². The number of Topliss-reactive ketones (excluding diaryl/α,β-unsaturated/α-hetero) is 1. The van der Waals surface area contributed by atoms with Gasteiger partial charge in [-0.2, -0.15) is 0 Å². The summed E-state index contributed by atoms with van der Waals surface area (Å²) < 4.78 is 5.38. The number of hydrogen-bond acceptors (Lipinski definition) is 8. The number of carbonyl (C=O) groups excluding carboxylic acids is 2. The third-order valence-electron chi connectivity index (χ3n) is 9.42. The maximum absolute atomic E-state index is 12.8. The molecule has 1 aromatic heterocycles. The smallest absolute Gasteiger partial charge is 0.163 e. The number of fused-ring (bicyclic) bond motifs is 3. The fraction of sp³-hybridized carbons (Fsp3) is 0.432. The molecule has 6 nitrogen and oxygen atoms in total. The molecule has 1 aliphatic heterocycles. The van der Waals surface area contributed by atoms with Gasteiger partial charge in [-0.1, -0.05) is 90.6 Å². The largest absolute Gasteiger partial charge is 0.504 e. The van der Waals surface area contributed by atoms with Crippen molar-refractivity contribution in [2.24, 2.45) is 5.92 Å². The van der Waals surface area contributed by atoms with Crippen LogP contribution in [-0.4, -0.2) is 34.5 Å². The first-order chi connectivity index (χ1) is 21.8. The first-order valence-corrected chi connectivity index (χ1v) is 18.4. The summed E-state index contributed by atoms with van der Waals surface area (Å²) in [5, 5.41) is 10.8. The number of phenols is 1. The Balaban J connectivity index is 1.63. The maximum atomic E-state index is 12.8. The minimum Gasteiger partial charge on any atom is -0.504 e. The first-order valence-electron chi connectivity index (χ1n) is 16.0. The third-order valence-corrected chi connectivity index (χ3v) is 12.5. The van der Waals surface area contributed by atoms with E-state index in [1.54, 1.807) is 18.2 Å². The first kappa shape index (κ1) is 33.1. The second-order valence-corrected chi connectivity index (χ2v) is 14.9. The average molecular weight is 645 g/mol. The quantitative estimate of drug-likeness (QED) is 0.215. The molecule has 5 rings (SSSR count). The van der Waals surface area contributed by atoms with E-state index in [1.807, 2.05) is 27.8 Å². The van der Waals surface area contributed by atoms with Crippen LogP contribution in [0.15, 0.2) is 60.8 Å². The molecule has 238 valence electrons. The number of pyridine rings is 1. The molecule has 1 aliphatic carbocycles. The standard InChI is InChI=1S/C37H44N2O4S2/c1-3-25-12-14-30(40)22-31(41)15-13-27-21-34(43-2)33(42)20-28(27)18-26-19-32(36(38)39-23-26)35(45-44-24-25)37(16-8-5-9-17-37)29-10-6-4-7-11-29/h4,6-7,10-11,13,15,19-21,23,25,35,42H,3,5,8-9,12,14,16-18,22,24H2,1-2H3,(H2,38,39)/t25-,35+/m1/s1. The van der Waals surface area contributed by atoms with Crippen LogP contribution in [0, 0.1) is 5.92 Å². The monoisotopic (exact) mass is 644 g/mol. The van der Waals surface area contributed by atoms with E-state index in [0.29, 0.717) is 30.3 Å². The summed E-state index contributed by atoms with van der Waals surface area (Å²) in [6.45, 7) is 2.18. The van der Waals surface area contributed by atoms with Crippen molar-refractivity contribution in [2.45, 2.75) is 81.8 Å². The third kappa shape index (κ3) is 7.95. The molecular formula is C37H44N2O4S2. The summed E-state index contributed by atoms with van der Waals surface area (Å²) in [7, 11) is 5.28. The Morgan fingerprint density at radius 2 is 1.82 bits per heavy atom. The molecule has 1 fully saturated rings. The lowest BCUT2D eigenvalue weighted by molar-refractivity contribution is -0.124. The summed E-state index contributed by atoms with van der Waals surface area (Å²) in [5.41, 5.74) is 11.6. The van der Waals surface area contributed by atoms with Crippen molar-refractivity contribution in [1.82, 2.24) is 4.98 Å². The van der Waals surface area contributed by atoms with Crippen molar-refractivity contribution in [2.75, 3.05) is 18.6 Å². The van der Waals surface area contributed by atoms with E-state index in [2.05, 4.69) is 43.3 Å². The van der Waals surface area contributed by atoms with E-state index in [4.69, 9.17) is 15.5 Å². The number of benzene rings is 2. The van der Waals surface area contributed by atoms with Crippen molar-refractivity contribution in [3.8, 4) is 11.5 Å². The zero-order valence-corrected chi connectivity index (χ0v) is 27.9. The van der Waals surface area contributed by atoms with E-state index in [1.165, 1.54) is 38.0 Å². The molecule has 2 bridgehead atoms. The number of nitrogens with zero attached hydrogens (tertiary/aromatic N) is 1. The van der Waals surface area contributed by atoms with Crippen LogP contribution in [-0.2, 0) is 21.4 Å². The molecule has 2 aromatic carbocycles. The van der Waals surface area contributed by atoms with E-state index < -0.39 is 0 Å². The summed E-state index contributed by atoms with van der Waals surface area (Å²) >= 11 is 0. The van der Waals surface area contributed by atoms with E-state index in [9.17, 15) is 14.7 Å². The molecule has 0 saturated heterocycles. The summed E-state index contributed by atoms with van der Waals surface area (Å²) in [6, 6.07) is 16.5. The van der Waals surface area contributed by atoms with Crippen LogP contribution in [0.4, 0.5) is 5.82 Å². The number of nitrogen functional groups attached to an aromatic ring is 1. The number of hydrogen-bond donors (Lipinski definition) is 2. The van der Waals surface area contributed by atoms with Gasteiger partial charge in [0, 0.05) is 29.3 Å². The van der Waals surface area contributed by atoms with Crippen molar-refractivity contribution in [1.29, 1.82) is 0 Å². The lowest BCUT2D eigenvalue weighted by Crippen LogP contribution is -2.35. The second kappa shape index (κ2) is 15.4. The minimum absolute atomic E-state index is 0.0254. The Morgan fingerprint density at radius 3 is 2.56 bits per heavy atom. The summed E-state index contributed by atoms with van der Waals surface area (Å²) in [6.07, 6.45) is 13.3. The number of ether oxygens (including phenoxy) is 1. The average Bonchev–Trinajstić information content (AvgIpc) is 3.05. The fourth-order valence-corrected chi connectivity index (χ4v) is 10.5. The number of rotatable bonds is 4. The van der Waals surface area contributed by atoms with Gasteiger partial charge in [0.2, 0.25) is 0 Å². The van der Waals surface area contributed by atoms with Crippen LogP contribution in [0.1, 0.15) is 97.8 Å². The van der Waals surface area contributed by atoms with Crippen LogP contribution in [0.25, 0.3) is 6.08 Å². The predicted molar refractivity (Wildman–Crippen MR) is 187 cm³/mol. The predicted octanol–water partition coefficient (Wildman–Crippen LogP) is 8.65. The van der Waals surface area contributed by atoms with Crippen LogP contribution >= 0.6 is 21.6 Å². The zero-order valence-electron chi connectivity index (χ0n) is 26.3. The molecule has 3 aromatic rings. The van der Waals surface area contributed by atoms with Crippen LogP contribution in [0.5, 0.6) is 11.5 Å². The molecule has 0 radical (unpaired) electrons. The van der Waals surface area contributed by atoms with Gasteiger partial charge in [0.25, 0.3) is 0 Å². The Kier molecular flexibility index (Phi) is 11.3. The van der Waals surface area contributed by atoms with E-state index in [-0.39, 0.29) is 34.4 Å². The fourth-order valence-electron chi connectivity index (χ4n) is 6.76. The van der Waals surface area contributed by atoms with Gasteiger partial charge in [-0.3, -0.25) is 9.59 Å². The highest BCUT2D eigenvalue weighted by molar-refractivity contribution is 8.76. The Morgan fingerprint density at radius 1 is 1.04 bits per heavy atom. The number of ketones is 2. The molecule has 45 heavy (non-hydrogen) atoms. The Bertz CT molecular complexity index is 1520. The van der Waals surface area contributed by atoms with Crippen molar-refractivity contribution < 1.29 is 19.4 Å². The maximum Gasteiger partial charge on any atom is 0.163 e. The van der Waals surface area contributed by atoms with Crippen molar-refractivity contribution in [3.63, 3.8) is 0 Å². The molecule has 3 N–H and O–H groups in total. The molecule has 0 unspecified atom stereocenters. The highest BCUT2D eigenvalue weighted by Crippen LogP contribution is 2.58. The number of aromatic hydroxyl groups is 1. The van der Waals surface area contributed by atoms with Gasteiger partial charge in [-0.05, 0) is 78.1 Å². The number of aromatic nitrogens is 1. The number of anilines is 1. The highest BCUT2D eigenvalue weighted by atomic mass is 33.1. The van der Waals surface area contributed by atoms with Gasteiger partial charge in [-0.15, -0.1) is 0 Å². The molecular weight excluding hydrogens is 601 g/mol. The number of allylic oxidation sites excluding steroid dienone is 1. The summed E-state index contributed by atoms with van der Waals surface area (Å²) in [4.78, 5) is 30.3. The SMILES string of the molecule is CC[C@@H]1CCC(=O)CC(=O)C=Cc2cc(OC)c(O)cc2Cc2cnc(N)c(c2)[C@@H](C2(c3ccccc3)CCCCC2)SSC1. The van der Waals surface area contributed by atoms with Gasteiger partial charge >= 0.3 is 0 Å². The van der Waals surface area contributed by atoms with Crippen molar-refractivity contribution >= 4 is 45.0 Å². The number of nitrogens with two attached hydrogens (primary N) is 1. The molecule has 2 heterocycles. The molecule has 2 aliphatic rings. The van der Waals surface area contributed by atoms with E-state index in [0.717, 1.165) is 53.7 Å². The van der Waals surface area contributed by atoms with Gasteiger partial charge in [0.1, 0.15) is 11.6 Å². The minimum atomic E-state index is -0.227. The molecule has 8 heteroatoms. The molecule has 0 amide bonds. The van der Waals surface area contributed by atoms with Gasteiger partial charge in [-0.25, -0.2) is 4.98 Å². The van der Waals surface area contributed by atoms with Gasteiger partial charge in [0.05, 0.1) is 18.8 Å². The number of methoxy groups -OCH3 is 1. The van der Waals surface area contributed by atoms with E-state index >= 15 is 0 Å². The zero-order chi connectivity index (χ0) is 31.8. The molecule has 2 atom stereocenters. The second-order valence-electron chi connectivity index (χ2n) is 12.4. The van der Waals surface area contributed by atoms with Crippen LogP contribution < -0.4 is 10.5 Å². The molecule has 1 saturated carbocycles. The normalized spacial score (nSPS) is 21.4. The summed E-state index contributed by atoms with van der Waals surface area (Å²) in [5.74, 6) is 1.94. The Hall–Kier alpha value is -3.23. The van der Waals surface area contributed by atoms with Crippen molar-refractivity contribution in [3.05, 3.63) is 88.6 Å². The van der Waals surface area contributed by atoms with Crippen LogP contribution in [0.2, 0.25) is 0 Å². The molecule has 0 spiro atoms. The Labute approximate surface area is 275 Å². The van der Waals surface area contributed by atoms with Gasteiger partial charge in [0.15, 0.2) is 17.3 Å².